The fourth-order valence-electron chi connectivity index (χ4n) is 3.17. The molecule has 114 valence electrons. The number of hydrogen-bond acceptors (Lipinski definition) is 6. The number of primary amides is 1. The number of hydrogen-bond donors (Lipinski definition) is 3. The molecule has 2 saturated heterocycles. The van der Waals surface area contributed by atoms with E-state index in [9.17, 15) is 4.79 Å². The summed E-state index contributed by atoms with van der Waals surface area (Å²) < 4.78 is 0. The number of nitrogen functional groups attached to an aromatic ring is 1. The topological polar surface area (TPSA) is 114 Å². The molecule has 2 atom stereocenters. The highest BCUT2D eigenvalue weighted by Crippen LogP contribution is 2.31. The number of pyridine rings is 1. The summed E-state index contributed by atoms with van der Waals surface area (Å²) in [5, 5.41) is 0. The second kappa shape index (κ2) is 5.40. The van der Waals surface area contributed by atoms with E-state index in [4.69, 9.17) is 17.2 Å². The Balaban J connectivity index is 1.89. The lowest BCUT2D eigenvalue weighted by molar-refractivity contribution is -0.119. The Morgan fingerprint density at radius 2 is 2.10 bits per heavy atom. The summed E-state index contributed by atoms with van der Waals surface area (Å²) in [6.45, 7) is 2.46. The van der Waals surface area contributed by atoms with Crippen molar-refractivity contribution in [2.24, 2.45) is 11.5 Å². The minimum atomic E-state index is -0.317. The van der Waals surface area contributed by atoms with E-state index in [0.717, 1.165) is 44.7 Å². The molecular formula is C14H22N6O. The summed E-state index contributed by atoms with van der Waals surface area (Å²) in [5.74, 6) is 1.21. The van der Waals surface area contributed by atoms with E-state index in [1.54, 1.807) is 0 Å². The third kappa shape index (κ3) is 2.61. The number of anilines is 3. The second-order valence-electron chi connectivity index (χ2n) is 5.83. The molecule has 0 radical (unpaired) electrons. The van der Waals surface area contributed by atoms with Gasteiger partial charge in [0, 0.05) is 25.7 Å². The molecule has 0 spiro atoms. The normalized spacial score (nSPS) is 25.6. The molecule has 0 bridgehead atoms. The van der Waals surface area contributed by atoms with Crippen LogP contribution >= 0.6 is 0 Å². The first-order chi connectivity index (χ1) is 10.1. The summed E-state index contributed by atoms with van der Waals surface area (Å²) in [6.07, 6.45) is 2.65. The van der Waals surface area contributed by atoms with Crippen LogP contribution in [0.1, 0.15) is 19.3 Å². The Morgan fingerprint density at radius 1 is 1.29 bits per heavy atom. The molecule has 1 aromatic rings. The van der Waals surface area contributed by atoms with Gasteiger partial charge in [-0.2, -0.15) is 0 Å². The van der Waals surface area contributed by atoms with Gasteiger partial charge in [0.25, 0.3) is 0 Å². The monoisotopic (exact) mass is 290 g/mol. The first-order valence-corrected chi connectivity index (χ1v) is 7.39. The van der Waals surface area contributed by atoms with E-state index in [0.29, 0.717) is 11.5 Å². The molecule has 3 heterocycles. The predicted octanol–water partition coefficient (Wildman–Crippen LogP) is -0.345. The molecule has 2 aliphatic rings. The number of nitrogens with two attached hydrogens (primary N) is 3. The molecule has 21 heavy (non-hydrogen) atoms. The summed E-state index contributed by atoms with van der Waals surface area (Å²) in [5.41, 5.74) is 18.1. The number of carbonyl (C=O) groups is 1. The van der Waals surface area contributed by atoms with Crippen LogP contribution in [0.5, 0.6) is 0 Å². The molecule has 2 aliphatic heterocycles. The number of rotatable bonds is 3. The largest absolute Gasteiger partial charge is 0.396 e. The summed E-state index contributed by atoms with van der Waals surface area (Å²) >= 11 is 0. The van der Waals surface area contributed by atoms with Gasteiger partial charge in [-0.05, 0) is 31.4 Å². The lowest BCUT2D eigenvalue weighted by Gasteiger charge is -2.26. The molecule has 2 unspecified atom stereocenters. The number of aromatic nitrogens is 1. The van der Waals surface area contributed by atoms with E-state index in [1.807, 2.05) is 17.0 Å². The van der Waals surface area contributed by atoms with Crippen LogP contribution in [0.4, 0.5) is 17.3 Å². The third-order valence-electron chi connectivity index (χ3n) is 4.29. The van der Waals surface area contributed by atoms with Crippen LogP contribution in [0.25, 0.3) is 0 Å². The zero-order valence-corrected chi connectivity index (χ0v) is 12.0. The van der Waals surface area contributed by atoms with Gasteiger partial charge in [-0.1, -0.05) is 0 Å². The SMILES string of the molecule is NC(=O)C1CCCN1c1nc(N2CCC(N)C2)ccc1N. The van der Waals surface area contributed by atoms with Crippen molar-refractivity contribution in [2.75, 3.05) is 35.2 Å². The smallest absolute Gasteiger partial charge is 0.240 e. The number of nitrogens with zero attached hydrogens (tertiary/aromatic N) is 3. The van der Waals surface area contributed by atoms with Crippen LogP contribution in [0.15, 0.2) is 12.1 Å². The van der Waals surface area contributed by atoms with Gasteiger partial charge in [-0.3, -0.25) is 4.79 Å². The van der Waals surface area contributed by atoms with Gasteiger partial charge >= 0.3 is 0 Å². The molecule has 1 aromatic heterocycles. The predicted molar refractivity (Wildman–Crippen MR) is 83.0 cm³/mol. The summed E-state index contributed by atoms with van der Waals surface area (Å²) in [7, 11) is 0. The van der Waals surface area contributed by atoms with E-state index >= 15 is 0 Å². The zero-order chi connectivity index (χ0) is 15.0. The van der Waals surface area contributed by atoms with Gasteiger partial charge < -0.3 is 27.0 Å². The lowest BCUT2D eigenvalue weighted by atomic mass is 10.2. The van der Waals surface area contributed by atoms with Gasteiger partial charge in [0.2, 0.25) is 5.91 Å². The average Bonchev–Trinajstić information content (AvgIpc) is 3.08. The fraction of sp³-hybridized carbons (Fsp3) is 0.571. The molecule has 6 N–H and O–H groups in total. The van der Waals surface area contributed by atoms with E-state index < -0.39 is 0 Å². The van der Waals surface area contributed by atoms with Crippen LogP contribution in [0, 0.1) is 0 Å². The van der Waals surface area contributed by atoms with Crippen molar-refractivity contribution in [2.45, 2.75) is 31.3 Å². The maximum absolute atomic E-state index is 11.6. The van der Waals surface area contributed by atoms with Crippen molar-refractivity contribution in [3.63, 3.8) is 0 Å². The van der Waals surface area contributed by atoms with E-state index in [1.165, 1.54) is 0 Å². The number of carbonyl (C=O) groups excluding carboxylic acids is 1. The van der Waals surface area contributed by atoms with Gasteiger partial charge in [-0.15, -0.1) is 0 Å². The van der Waals surface area contributed by atoms with Crippen LogP contribution in [0.3, 0.4) is 0 Å². The molecular weight excluding hydrogens is 268 g/mol. The lowest BCUT2D eigenvalue weighted by Crippen LogP contribution is -2.41. The molecule has 7 heteroatoms. The quantitative estimate of drug-likeness (QED) is 0.701. The maximum Gasteiger partial charge on any atom is 0.240 e. The molecule has 3 rings (SSSR count). The second-order valence-corrected chi connectivity index (χ2v) is 5.83. The van der Waals surface area contributed by atoms with Crippen molar-refractivity contribution in [1.82, 2.24) is 4.98 Å². The van der Waals surface area contributed by atoms with E-state index in [2.05, 4.69) is 9.88 Å². The van der Waals surface area contributed by atoms with Gasteiger partial charge in [0.15, 0.2) is 5.82 Å². The first kappa shape index (κ1) is 13.9. The summed E-state index contributed by atoms with van der Waals surface area (Å²) in [4.78, 5) is 20.3. The Labute approximate surface area is 124 Å². The highest BCUT2D eigenvalue weighted by Gasteiger charge is 2.32. The minimum absolute atomic E-state index is 0.193. The molecule has 7 nitrogen and oxygen atoms in total. The fourth-order valence-corrected chi connectivity index (χ4v) is 3.17. The first-order valence-electron chi connectivity index (χ1n) is 7.39. The molecule has 0 aromatic carbocycles. The van der Waals surface area contributed by atoms with Crippen LogP contribution < -0.4 is 27.0 Å². The van der Waals surface area contributed by atoms with Gasteiger partial charge in [0.05, 0.1) is 5.69 Å². The maximum atomic E-state index is 11.6. The average molecular weight is 290 g/mol. The minimum Gasteiger partial charge on any atom is -0.396 e. The molecule has 1 amide bonds. The van der Waals surface area contributed by atoms with E-state index in [-0.39, 0.29) is 18.0 Å². The zero-order valence-electron chi connectivity index (χ0n) is 12.0. The summed E-state index contributed by atoms with van der Waals surface area (Å²) in [6, 6.07) is 3.64. The highest BCUT2D eigenvalue weighted by molar-refractivity contribution is 5.85. The Morgan fingerprint density at radius 3 is 2.76 bits per heavy atom. The van der Waals surface area contributed by atoms with Crippen molar-refractivity contribution >= 4 is 23.2 Å². The van der Waals surface area contributed by atoms with Gasteiger partial charge in [0.1, 0.15) is 11.9 Å². The van der Waals surface area contributed by atoms with Gasteiger partial charge in [-0.25, -0.2) is 4.98 Å². The van der Waals surface area contributed by atoms with Crippen LogP contribution in [-0.4, -0.2) is 42.6 Å². The van der Waals surface area contributed by atoms with Crippen molar-refractivity contribution in [1.29, 1.82) is 0 Å². The Hall–Kier alpha value is -2.02. The van der Waals surface area contributed by atoms with Crippen molar-refractivity contribution in [3.05, 3.63) is 12.1 Å². The standard InChI is InChI=1S/C14H22N6O/c15-9-5-7-19(8-9)12-4-3-10(16)14(18-12)20-6-1-2-11(20)13(17)21/h3-4,9,11H,1-2,5-8,15-16H2,(H2,17,21). The molecule has 0 saturated carbocycles. The molecule has 0 aliphatic carbocycles. The number of amides is 1. The van der Waals surface area contributed by atoms with Crippen molar-refractivity contribution in [3.8, 4) is 0 Å². The Bertz CT molecular complexity index is 548. The Kier molecular flexibility index (Phi) is 3.59. The van der Waals surface area contributed by atoms with Crippen LogP contribution in [-0.2, 0) is 4.79 Å². The van der Waals surface area contributed by atoms with Crippen molar-refractivity contribution < 1.29 is 4.79 Å². The molecule has 2 fully saturated rings. The highest BCUT2D eigenvalue weighted by atomic mass is 16.1. The van der Waals surface area contributed by atoms with Crippen LogP contribution in [0.2, 0.25) is 0 Å². The third-order valence-corrected chi connectivity index (χ3v) is 4.29.